The maximum atomic E-state index is 13.4. The first-order valence-corrected chi connectivity index (χ1v) is 13.9. The van der Waals surface area contributed by atoms with Gasteiger partial charge in [0.1, 0.15) is 12.4 Å². The molecule has 208 valence electrons. The molecule has 3 aromatic carbocycles. The quantitative estimate of drug-likeness (QED) is 0.213. The summed E-state index contributed by atoms with van der Waals surface area (Å²) in [5.74, 6) is -0.562. The van der Waals surface area contributed by atoms with E-state index in [9.17, 15) is 14.7 Å². The van der Waals surface area contributed by atoms with Crippen LogP contribution < -0.4 is 9.47 Å². The van der Waals surface area contributed by atoms with Gasteiger partial charge < -0.3 is 24.2 Å². The normalized spacial score (nSPS) is 19.1. The van der Waals surface area contributed by atoms with Gasteiger partial charge in [-0.1, -0.05) is 64.5 Å². The first kappa shape index (κ1) is 27.9. The summed E-state index contributed by atoms with van der Waals surface area (Å²) in [6.07, 6.45) is 0. The highest BCUT2D eigenvalue weighted by Gasteiger charge is 2.46. The highest BCUT2D eigenvalue weighted by Crippen LogP contribution is 2.42. The van der Waals surface area contributed by atoms with Crippen molar-refractivity contribution in [2.45, 2.75) is 12.6 Å². The number of hydrogen-bond acceptors (Lipinski definition) is 7. The van der Waals surface area contributed by atoms with Crippen LogP contribution in [-0.2, 0) is 20.9 Å². The molecule has 0 bridgehead atoms. The Balaban J connectivity index is 1.50. The van der Waals surface area contributed by atoms with E-state index in [1.54, 1.807) is 48.4 Å². The van der Waals surface area contributed by atoms with E-state index < -0.39 is 17.7 Å². The molecule has 1 N–H and O–H groups in total. The zero-order valence-corrected chi connectivity index (χ0v) is 23.8. The third kappa shape index (κ3) is 6.06. The third-order valence-corrected chi connectivity index (χ3v) is 7.69. The molecule has 3 aromatic rings. The van der Waals surface area contributed by atoms with E-state index in [-0.39, 0.29) is 11.3 Å². The van der Waals surface area contributed by atoms with Gasteiger partial charge in [0.2, 0.25) is 0 Å². The zero-order valence-electron chi connectivity index (χ0n) is 22.2. The Morgan fingerprint density at radius 1 is 0.975 bits per heavy atom. The Morgan fingerprint density at radius 2 is 1.70 bits per heavy atom. The van der Waals surface area contributed by atoms with Crippen LogP contribution in [0.2, 0.25) is 0 Å². The number of Topliss-reactive ketones (excluding diaryl/α,β-unsaturated/α-hetero) is 1. The van der Waals surface area contributed by atoms with Crippen LogP contribution in [0.25, 0.3) is 5.76 Å². The second-order valence-electron chi connectivity index (χ2n) is 9.64. The second kappa shape index (κ2) is 12.7. The van der Waals surface area contributed by atoms with Gasteiger partial charge in [-0.05, 0) is 35.4 Å². The Hall–Kier alpha value is -3.66. The van der Waals surface area contributed by atoms with E-state index in [0.717, 1.165) is 23.1 Å². The van der Waals surface area contributed by atoms with E-state index in [2.05, 4.69) is 20.8 Å². The van der Waals surface area contributed by atoms with Crippen LogP contribution in [0.5, 0.6) is 11.5 Å². The number of nitrogens with zero attached hydrogens (tertiary/aromatic N) is 2. The van der Waals surface area contributed by atoms with Crippen LogP contribution in [0.3, 0.4) is 0 Å². The summed E-state index contributed by atoms with van der Waals surface area (Å²) in [5, 5.41) is 11.3. The van der Waals surface area contributed by atoms with E-state index in [0.29, 0.717) is 55.5 Å². The predicted octanol–water partition coefficient (Wildman–Crippen LogP) is 4.79. The van der Waals surface area contributed by atoms with Crippen LogP contribution in [0.15, 0.2) is 82.8 Å². The number of carbonyl (C=O) groups excluding carboxylic acids is 2. The molecule has 8 nitrogen and oxygen atoms in total. The number of benzene rings is 3. The minimum atomic E-state index is -0.790. The lowest BCUT2D eigenvalue weighted by molar-refractivity contribution is -0.140. The minimum Gasteiger partial charge on any atom is -0.507 e. The highest BCUT2D eigenvalue weighted by molar-refractivity contribution is 9.10. The van der Waals surface area contributed by atoms with Crippen LogP contribution in [0.4, 0.5) is 0 Å². The van der Waals surface area contributed by atoms with E-state index in [4.69, 9.17) is 14.2 Å². The lowest BCUT2D eigenvalue weighted by Gasteiger charge is -2.31. The molecule has 2 aliphatic rings. The molecule has 0 aromatic heterocycles. The number of amides is 1. The molecule has 2 fully saturated rings. The van der Waals surface area contributed by atoms with Crippen molar-refractivity contribution >= 4 is 33.4 Å². The van der Waals surface area contributed by atoms with E-state index >= 15 is 0 Å². The van der Waals surface area contributed by atoms with Crippen molar-refractivity contribution in [3.05, 3.63) is 99.5 Å². The maximum Gasteiger partial charge on any atom is 0.295 e. The number of methoxy groups -OCH3 is 1. The maximum absolute atomic E-state index is 13.4. The van der Waals surface area contributed by atoms with Crippen molar-refractivity contribution in [1.29, 1.82) is 0 Å². The molecule has 5 rings (SSSR count). The molecule has 1 unspecified atom stereocenters. The number of hydrogen-bond donors (Lipinski definition) is 1. The van der Waals surface area contributed by atoms with Crippen molar-refractivity contribution in [1.82, 2.24) is 9.80 Å². The molecular formula is C31H31BrN2O6. The molecule has 1 atom stereocenters. The molecule has 0 spiro atoms. The number of ketones is 1. The SMILES string of the molecule is COc1cc(C2C(=C(O)c3ccc(Br)cc3)C(=O)C(=O)N2CCN2CCOCC2)ccc1OCc1ccccc1. The fourth-order valence-electron chi connectivity index (χ4n) is 5.00. The molecule has 40 heavy (non-hydrogen) atoms. The number of aliphatic hydroxyl groups excluding tert-OH is 1. The average Bonchev–Trinajstić information content (AvgIpc) is 3.25. The van der Waals surface area contributed by atoms with Gasteiger partial charge in [0.05, 0.1) is 31.9 Å². The van der Waals surface area contributed by atoms with Crippen LogP contribution in [0, 0.1) is 0 Å². The molecule has 9 heteroatoms. The Labute approximate surface area is 241 Å². The largest absolute Gasteiger partial charge is 0.507 e. The Morgan fingerprint density at radius 3 is 2.40 bits per heavy atom. The fourth-order valence-corrected chi connectivity index (χ4v) is 5.27. The number of morpholine rings is 1. The summed E-state index contributed by atoms with van der Waals surface area (Å²) in [4.78, 5) is 30.5. The van der Waals surface area contributed by atoms with Gasteiger partial charge in [-0.3, -0.25) is 14.5 Å². The summed E-state index contributed by atoms with van der Waals surface area (Å²) in [7, 11) is 1.55. The van der Waals surface area contributed by atoms with E-state index in [1.165, 1.54) is 0 Å². The molecule has 0 aliphatic carbocycles. The van der Waals surface area contributed by atoms with Crippen LogP contribution in [-0.4, -0.2) is 73.1 Å². The first-order chi connectivity index (χ1) is 19.5. The van der Waals surface area contributed by atoms with Gasteiger partial charge in [0, 0.05) is 36.2 Å². The van der Waals surface area contributed by atoms with Gasteiger partial charge in [0.15, 0.2) is 11.5 Å². The topological polar surface area (TPSA) is 88.5 Å². The smallest absolute Gasteiger partial charge is 0.295 e. The summed E-state index contributed by atoms with van der Waals surface area (Å²) >= 11 is 3.40. The number of likely N-dealkylation sites (tertiary alicyclic amines) is 1. The van der Waals surface area contributed by atoms with Crippen molar-refractivity contribution < 1.29 is 28.9 Å². The fraction of sp³-hybridized carbons (Fsp3) is 0.290. The number of aliphatic hydroxyl groups is 1. The second-order valence-corrected chi connectivity index (χ2v) is 10.6. The van der Waals surface area contributed by atoms with Crippen LogP contribution in [0.1, 0.15) is 22.7 Å². The van der Waals surface area contributed by atoms with Gasteiger partial charge in [-0.25, -0.2) is 0 Å². The highest BCUT2D eigenvalue weighted by atomic mass is 79.9. The molecule has 1 amide bonds. The zero-order chi connectivity index (χ0) is 28.1. The molecule has 0 radical (unpaired) electrons. The lowest BCUT2D eigenvalue weighted by Crippen LogP contribution is -2.42. The average molecular weight is 608 g/mol. The standard InChI is InChI=1S/C31H31BrN2O6/c1-38-26-19-23(9-12-25(26)40-20-21-5-3-2-4-6-21)28-27(29(35)22-7-10-24(32)11-8-22)30(36)31(37)34(28)14-13-33-15-17-39-18-16-33/h2-12,19,28,35H,13-18,20H2,1H3. The number of ether oxygens (including phenoxy) is 3. The number of rotatable bonds is 9. The minimum absolute atomic E-state index is 0.0503. The predicted molar refractivity (Wildman–Crippen MR) is 154 cm³/mol. The summed E-state index contributed by atoms with van der Waals surface area (Å²) in [6, 6.07) is 21.3. The Bertz CT molecular complexity index is 1390. The van der Waals surface area contributed by atoms with Crippen molar-refractivity contribution in [3.63, 3.8) is 0 Å². The van der Waals surface area contributed by atoms with Gasteiger partial charge in [-0.2, -0.15) is 0 Å². The van der Waals surface area contributed by atoms with E-state index in [1.807, 2.05) is 36.4 Å². The van der Waals surface area contributed by atoms with Crippen molar-refractivity contribution in [3.8, 4) is 11.5 Å². The first-order valence-electron chi connectivity index (χ1n) is 13.2. The molecular weight excluding hydrogens is 576 g/mol. The van der Waals surface area contributed by atoms with Crippen molar-refractivity contribution in [2.24, 2.45) is 0 Å². The lowest BCUT2D eigenvalue weighted by atomic mass is 9.95. The molecule has 2 aliphatic heterocycles. The monoisotopic (exact) mass is 606 g/mol. The number of halogens is 1. The molecule has 0 saturated carbocycles. The summed E-state index contributed by atoms with van der Waals surface area (Å²) < 4.78 is 18.0. The summed E-state index contributed by atoms with van der Waals surface area (Å²) in [5.41, 5.74) is 2.16. The molecule has 2 heterocycles. The summed E-state index contributed by atoms with van der Waals surface area (Å²) in [6.45, 7) is 4.05. The van der Waals surface area contributed by atoms with Gasteiger partial charge in [0.25, 0.3) is 11.7 Å². The van der Waals surface area contributed by atoms with Gasteiger partial charge >= 0.3 is 0 Å². The third-order valence-electron chi connectivity index (χ3n) is 7.16. The van der Waals surface area contributed by atoms with Crippen molar-refractivity contribution in [2.75, 3.05) is 46.5 Å². The number of carbonyl (C=O) groups is 2. The molecule has 2 saturated heterocycles. The van der Waals surface area contributed by atoms with Crippen LogP contribution >= 0.6 is 15.9 Å². The van der Waals surface area contributed by atoms with Gasteiger partial charge in [-0.15, -0.1) is 0 Å². The Kier molecular flexibility index (Phi) is 8.84.